The molecule has 0 saturated carbocycles. The number of pyridine rings is 1. The number of rotatable bonds is 4. The Kier molecular flexibility index (Phi) is 7.18. The summed E-state index contributed by atoms with van der Waals surface area (Å²) in [4.78, 5) is 36.8. The largest absolute Gasteiger partial charge is 0.504 e. The van der Waals surface area contributed by atoms with Gasteiger partial charge in [0.25, 0.3) is 0 Å². The Bertz CT molecular complexity index is 1550. The van der Waals surface area contributed by atoms with E-state index in [1.165, 1.54) is 4.90 Å². The van der Waals surface area contributed by atoms with E-state index in [0.717, 1.165) is 11.1 Å². The fourth-order valence-corrected chi connectivity index (χ4v) is 4.38. The molecule has 0 aliphatic carbocycles. The number of aliphatic hydroxyl groups excluding tert-OH is 1. The molecule has 1 atom stereocenters. The van der Waals surface area contributed by atoms with Gasteiger partial charge in [0, 0.05) is 17.6 Å². The molecule has 0 saturated heterocycles. The van der Waals surface area contributed by atoms with Gasteiger partial charge in [-0.3, -0.25) is 9.88 Å². The van der Waals surface area contributed by atoms with Gasteiger partial charge in [0.15, 0.2) is 11.6 Å². The smallest absolute Gasteiger partial charge is 0.347 e. The van der Waals surface area contributed by atoms with Gasteiger partial charge in [0.1, 0.15) is 0 Å². The average molecular weight is 518 g/mol. The Morgan fingerprint density at radius 3 is 1.97 bits per heavy atom. The van der Waals surface area contributed by atoms with Crippen LogP contribution in [0.2, 0.25) is 0 Å². The van der Waals surface area contributed by atoms with Crippen LogP contribution in [0.15, 0.2) is 114 Å². The maximum atomic E-state index is 13.8. The topological polar surface area (TPSA) is 107 Å². The average Bonchev–Trinajstić information content (AvgIpc) is 3.24. The molecule has 4 amide bonds. The van der Waals surface area contributed by atoms with E-state index in [4.69, 9.17) is 0 Å². The molecule has 194 valence electrons. The molecular formula is C31H27N5O3. The number of anilines is 2. The van der Waals surface area contributed by atoms with Gasteiger partial charge in [-0.1, -0.05) is 71.8 Å². The van der Waals surface area contributed by atoms with Crippen LogP contribution in [0, 0.1) is 13.8 Å². The van der Waals surface area contributed by atoms with E-state index in [-0.39, 0.29) is 11.6 Å². The number of amides is 4. The number of carbonyl (C=O) groups excluding carboxylic acids is 2. The van der Waals surface area contributed by atoms with E-state index >= 15 is 0 Å². The van der Waals surface area contributed by atoms with Crippen molar-refractivity contribution < 1.29 is 14.7 Å². The molecule has 1 aliphatic rings. The Hall–Kier alpha value is -5.24. The van der Waals surface area contributed by atoms with Crippen molar-refractivity contribution in [3.63, 3.8) is 0 Å². The lowest BCUT2D eigenvalue weighted by molar-refractivity contribution is 0.229. The summed E-state index contributed by atoms with van der Waals surface area (Å²) in [6, 6.07) is 27.0. The first-order valence-electron chi connectivity index (χ1n) is 12.4. The van der Waals surface area contributed by atoms with Gasteiger partial charge < -0.3 is 15.7 Å². The molecule has 1 aromatic heterocycles. The van der Waals surface area contributed by atoms with Crippen molar-refractivity contribution in [3.05, 3.63) is 131 Å². The number of carbonyl (C=O) groups is 2. The molecule has 0 bridgehead atoms. The van der Waals surface area contributed by atoms with Crippen molar-refractivity contribution in [1.29, 1.82) is 0 Å². The standard InChI is InChI=1S/C31H27N5O3/c1-20-11-15-23(16-12-20)33-30(38)35-29-28(37)26(25-10-6-7-19-32-25)27(22-8-4-3-5-9-22)36(29)31(39)34-24-17-13-21(2)14-18-24/h3-19,27,37H,1-2H3,(H,33,38)(H,34,39). The molecule has 3 N–H and O–H groups in total. The molecule has 5 rings (SSSR count). The number of hydrogen-bond acceptors (Lipinski definition) is 4. The van der Waals surface area contributed by atoms with Crippen LogP contribution in [0.1, 0.15) is 28.4 Å². The Labute approximate surface area is 226 Å². The first-order valence-corrected chi connectivity index (χ1v) is 12.4. The van der Waals surface area contributed by atoms with E-state index in [2.05, 4.69) is 20.6 Å². The van der Waals surface area contributed by atoms with Crippen LogP contribution in [0.25, 0.3) is 5.57 Å². The fraction of sp³-hybridized carbons (Fsp3) is 0.0968. The van der Waals surface area contributed by atoms with E-state index in [1.807, 2.05) is 68.4 Å². The zero-order valence-corrected chi connectivity index (χ0v) is 21.5. The van der Waals surface area contributed by atoms with Crippen LogP contribution in [0.4, 0.5) is 21.0 Å². The minimum absolute atomic E-state index is 0.182. The van der Waals surface area contributed by atoms with Gasteiger partial charge in [0.2, 0.25) is 0 Å². The Morgan fingerprint density at radius 2 is 1.38 bits per heavy atom. The Morgan fingerprint density at radius 1 is 0.795 bits per heavy atom. The van der Waals surface area contributed by atoms with E-state index in [0.29, 0.717) is 28.2 Å². The van der Waals surface area contributed by atoms with Crippen LogP contribution in [0.3, 0.4) is 0 Å². The highest BCUT2D eigenvalue weighted by Gasteiger charge is 2.44. The lowest BCUT2D eigenvalue weighted by Crippen LogP contribution is -2.40. The van der Waals surface area contributed by atoms with Crippen molar-refractivity contribution in [2.45, 2.75) is 19.9 Å². The zero-order valence-electron chi connectivity index (χ0n) is 21.5. The molecule has 3 aromatic carbocycles. The zero-order chi connectivity index (χ0) is 27.4. The second-order valence-corrected chi connectivity index (χ2v) is 9.19. The summed E-state index contributed by atoms with van der Waals surface area (Å²) in [6.45, 7) is 3.90. The third-order valence-corrected chi connectivity index (χ3v) is 6.31. The minimum Gasteiger partial charge on any atom is -0.504 e. The van der Waals surface area contributed by atoms with E-state index in [9.17, 15) is 14.7 Å². The summed E-state index contributed by atoms with van der Waals surface area (Å²) < 4.78 is 0. The molecule has 0 radical (unpaired) electrons. The molecule has 8 nitrogen and oxygen atoms in total. The number of nitrogens with one attached hydrogen (secondary N) is 2. The summed E-state index contributed by atoms with van der Waals surface area (Å²) in [5, 5.41) is 17.1. The second-order valence-electron chi connectivity index (χ2n) is 9.19. The third kappa shape index (κ3) is 5.55. The lowest BCUT2D eigenvalue weighted by Gasteiger charge is -2.27. The molecule has 1 unspecified atom stereocenters. The molecule has 0 fully saturated rings. The van der Waals surface area contributed by atoms with Crippen LogP contribution in [-0.4, -0.2) is 32.9 Å². The molecule has 1 aliphatic heterocycles. The van der Waals surface area contributed by atoms with Crippen molar-refractivity contribution in [1.82, 2.24) is 9.88 Å². The number of amidine groups is 1. The first-order chi connectivity index (χ1) is 18.9. The molecule has 0 spiro atoms. The van der Waals surface area contributed by atoms with Gasteiger partial charge in [-0.05, 0) is 55.8 Å². The predicted octanol–water partition coefficient (Wildman–Crippen LogP) is 6.89. The Balaban J connectivity index is 1.61. The number of aliphatic imine (C=N–C) groups is 1. The van der Waals surface area contributed by atoms with Crippen LogP contribution in [-0.2, 0) is 0 Å². The SMILES string of the molecule is Cc1ccc(NC(=O)N=C2C(O)=C(c3ccccn3)C(c3ccccc3)N2C(=O)Nc2ccc(C)cc2)cc1. The number of aliphatic hydroxyl groups is 1. The van der Waals surface area contributed by atoms with Gasteiger partial charge >= 0.3 is 12.1 Å². The monoisotopic (exact) mass is 517 g/mol. The minimum atomic E-state index is -0.794. The van der Waals surface area contributed by atoms with Crippen molar-refractivity contribution in [3.8, 4) is 0 Å². The predicted molar refractivity (Wildman–Crippen MR) is 153 cm³/mol. The molecule has 4 aromatic rings. The quantitative estimate of drug-likeness (QED) is 0.274. The summed E-state index contributed by atoms with van der Waals surface area (Å²) >= 11 is 0. The lowest BCUT2D eigenvalue weighted by atomic mass is 9.96. The van der Waals surface area contributed by atoms with Crippen LogP contribution < -0.4 is 10.6 Å². The summed E-state index contributed by atoms with van der Waals surface area (Å²) in [6.07, 6.45) is 1.60. The molecular weight excluding hydrogens is 490 g/mol. The molecule has 2 heterocycles. The number of aryl methyl sites for hydroxylation is 2. The van der Waals surface area contributed by atoms with Gasteiger partial charge in [0.05, 0.1) is 17.3 Å². The van der Waals surface area contributed by atoms with Crippen molar-refractivity contribution >= 4 is 34.8 Å². The summed E-state index contributed by atoms with van der Waals surface area (Å²) in [5.74, 6) is -0.487. The number of aromatic nitrogens is 1. The van der Waals surface area contributed by atoms with Crippen molar-refractivity contribution in [2.75, 3.05) is 10.6 Å². The van der Waals surface area contributed by atoms with E-state index in [1.54, 1.807) is 48.7 Å². The number of urea groups is 2. The summed E-state index contributed by atoms with van der Waals surface area (Å²) in [5.41, 5.74) is 4.73. The van der Waals surface area contributed by atoms with Gasteiger partial charge in [-0.25, -0.2) is 9.59 Å². The van der Waals surface area contributed by atoms with Gasteiger partial charge in [-0.15, -0.1) is 0 Å². The maximum absolute atomic E-state index is 13.8. The van der Waals surface area contributed by atoms with Crippen LogP contribution >= 0.6 is 0 Å². The number of benzene rings is 3. The number of hydrogen-bond donors (Lipinski definition) is 3. The molecule has 39 heavy (non-hydrogen) atoms. The van der Waals surface area contributed by atoms with Crippen molar-refractivity contribution in [2.24, 2.45) is 4.99 Å². The normalized spacial score (nSPS) is 15.9. The highest BCUT2D eigenvalue weighted by Crippen LogP contribution is 2.43. The third-order valence-electron chi connectivity index (χ3n) is 6.31. The second kappa shape index (κ2) is 11.0. The highest BCUT2D eigenvalue weighted by atomic mass is 16.3. The first kappa shape index (κ1) is 25.4. The van der Waals surface area contributed by atoms with E-state index < -0.39 is 18.1 Å². The molecule has 8 heteroatoms. The summed E-state index contributed by atoms with van der Waals surface area (Å²) in [7, 11) is 0. The number of nitrogens with zero attached hydrogens (tertiary/aromatic N) is 3. The highest BCUT2D eigenvalue weighted by molar-refractivity contribution is 6.20. The maximum Gasteiger partial charge on any atom is 0.347 e. The van der Waals surface area contributed by atoms with Crippen LogP contribution in [0.5, 0.6) is 0 Å². The fourth-order valence-electron chi connectivity index (χ4n) is 4.38. The van der Waals surface area contributed by atoms with Gasteiger partial charge in [-0.2, -0.15) is 4.99 Å².